The molecule has 0 saturated carbocycles. The summed E-state index contributed by atoms with van der Waals surface area (Å²) >= 11 is 1.32. The summed E-state index contributed by atoms with van der Waals surface area (Å²) in [4.78, 5) is 12.0. The summed E-state index contributed by atoms with van der Waals surface area (Å²) in [6.45, 7) is 2.44. The molecule has 2 amide bonds. The van der Waals surface area contributed by atoms with Crippen molar-refractivity contribution >= 4 is 30.1 Å². The molecule has 0 radical (unpaired) electrons. The van der Waals surface area contributed by atoms with Crippen molar-refractivity contribution in [2.24, 2.45) is 9.50 Å². The Morgan fingerprint density at radius 2 is 2.46 bits per heavy atom. The van der Waals surface area contributed by atoms with Gasteiger partial charge >= 0.3 is 6.03 Å². The zero-order chi connectivity index (χ0) is 18.4. The van der Waals surface area contributed by atoms with E-state index in [-0.39, 0.29) is 18.2 Å². The van der Waals surface area contributed by atoms with Gasteiger partial charge in [0.1, 0.15) is 0 Å². The highest BCUT2D eigenvalue weighted by atomic mass is 32.2. The second kappa shape index (κ2) is 8.98. The first kappa shape index (κ1) is 18.6. The van der Waals surface area contributed by atoms with Crippen LogP contribution in [0.5, 0.6) is 0 Å². The number of urea groups is 1. The molecule has 3 rings (SSSR count). The van der Waals surface area contributed by atoms with Crippen molar-refractivity contribution in [3.05, 3.63) is 47.1 Å². The van der Waals surface area contributed by atoms with Gasteiger partial charge in [-0.2, -0.15) is 5.10 Å². The minimum atomic E-state index is -0.350. The minimum Gasteiger partial charge on any atom is -0.377 e. The number of carbonyl (C=O) groups is 1. The molecule has 3 aliphatic rings. The summed E-state index contributed by atoms with van der Waals surface area (Å²) in [5.41, 5.74) is 6.57. The fourth-order valence-electron chi connectivity index (χ4n) is 2.97. The zero-order valence-corrected chi connectivity index (χ0v) is 15.7. The molecule has 8 heteroatoms. The number of carbonyl (C=O) groups excluding carboxylic acids is 1. The Morgan fingerprint density at radius 3 is 3.31 bits per heavy atom. The Balaban J connectivity index is 1.48. The van der Waals surface area contributed by atoms with E-state index in [9.17, 15) is 4.79 Å². The first-order chi connectivity index (χ1) is 12.7. The van der Waals surface area contributed by atoms with E-state index in [1.807, 2.05) is 31.2 Å². The van der Waals surface area contributed by atoms with Crippen LogP contribution < -0.4 is 15.5 Å². The molecular weight excluding hydrogens is 350 g/mol. The van der Waals surface area contributed by atoms with Crippen LogP contribution in [0.2, 0.25) is 0 Å². The highest BCUT2D eigenvalue weighted by Crippen LogP contribution is 2.21. The van der Waals surface area contributed by atoms with Crippen LogP contribution in [-0.2, 0) is 4.74 Å². The molecule has 138 valence electrons. The maximum Gasteiger partial charge on any atom is 0.335 e. The van der Waals surface area contributed by atoms with E-state index < -0.39 is 0 Å². The van der Waals surface area contributed by atoms with Crippen LogP contribution >= 0.6 is 12.1 Å². The van der Waals surface area contributed by atoms with Gasteiger partial charge in [0.2, 0.25) is 0 Å². The molecule has 2 atom stereocenters. The van der Waals surface area contributed by atoms with Gasteiger partial charge in [-0.3, -0.25) is 0 Å². The average molecular weight is 373 g/mol. The standard InChI is InChI=1S/C18H23N5O2S/c1-12-9-13(5-3-8-16(12)25-2)10-20-21-18(24)19-11-14-6-4-7-15-17(14)23-26-22-15/h4-7,9-10,15-16,22H,3,8,11H2,1-2H3,(H2,19,21,24). The van der Waals surface area contributed by atoms with Gasteiger partial charge in [0.05, 0.1) is 36.2 Å². The third kappa shape index (κ3) is 4.72. The SMILES string of the molecule is COC1CCC=C(C=NNC(=O)NCC2=CC=CC3NSN=C23)C=C1C. The molecule has 0 aromatic heterocycles. The third-order valence-corrected chi connectivity index (χ3v) is 5.01. The summed E-state index contributed by atoms with van der Waals surface area (Å²) in [6, 6.07) is -0.229. The lowest BCUT2D eigenvalue weighted by atomic mass is 9.99. The summed E-state index contributed by atoms with van der Waals surface area (Å²) in [5.74, 6) is 0. The van der Waals surface area contributed by atoms with Crippen LogP contribution in [0.15, 0.2) is 56.6 Å². The predicted molar refractivity (Wildman–Crippen MR) is 106 cm³/mol. The zero-order valence-electron chi connectivity index (χ0n) is 14.9. The van der Waals surface area contributed by atoms with E-state index in [0.29, 0.717) is 6.54 Å². The Labute approximate surface area is 157 Å². The lowest BCUT2D eigenvalue weighted by molar-refractivity contribution is 0.125. The number of allylic oxidation sites excluding steroid dienone is 5. The van der Waals surface area contributed by atoms with Crippen molar-refractivity contribution in [2.45, 2.75) is 31.9 Å². The van der Waals surface area contributed by atoms with Crippen molar-refractivity contribution in [3.63, 3.8) is 0 Å². The maximum atomic E-state index is 12.0. The molecule has 1 aliphatic heterocycles. The van der Waals surface area contributed by atoms with Crippen LogP contribution in [0.1, 0.15) is 19.8 Å². The summed E-state index contributed by atoms with van der Waals surface area (Å²) < 4.78 is 13.0. The molecule has 1 heterocycles. The lowest BCUT2D eigenvalue weighted by Crippen LogP contribution is -2.37. The minimum absolute atomic E-state index is 0.121. The molecule has 0 saturated heterocycles. The maximum absolute atomic E-state index is 12.0. The Bertz CT molecular complexity index is 736. The third-order valence-electron chi connectivity index (χ3n) is 4.36. The van der Waals surface area contributed by atoms with Gasteiger partial charge in [0.15, 0.2) is 0 Å². The highest BCUT2D eigenvalue weighted by Gasteiger charge is 2.24. The second-order valence-corrected chi connectivity index (χ2v) is 6.79. The fraction of sp³-hybridized carbons (Fsp3) is 0.389. The summed E-state index contributed by atoms with van der Waals surface area (Å²) in [7, 11) is 1.72. The number of methoxy groups -OCH3 is 1. The van der Waals surface area contributed by atoms with Gasteiger partial charge < -0.3 is 10.1 Å². The molecule has 0 bridgehead atoms. The van der Waals surface area contributed by atoms with Crippen LogP contribution in [0.3, 0.4) is 0 Å². The summed E-state index contributed by atoms with van der Waals surface area (Å²) in [6.07, 6.45) is 13.8. The van der Waals surface area contributed by atoms with Crippen molar-refractivity contribution in [2.75, 3.05) is 13.7 Å². The van der Waals surface area contributed by atoms with Gasteiger partial charge in [0.25, 0.3) is 0 Å². The first-order valence-corrected chi connectivity index (χ1v) is 9.30. The average Bonchev–Trinajstić information content (AvgIpc) is 3.05. The number of hydrogen-bond acceptors (Lipinski definition) is 6. The van der Waals surface area contributed by atoms with Crippen molar-refractivity contribution < 1.29 is 9.53 Å². The normalized spacial score (nSPS) is 25.0. The van der Waals surface area contributed by atoms with E-state index >= 15 is 0 Å². The van der Waals surface area contributed by atoms with Gasteiger partial charge in [-0.15, -0.1) is 0 Å². The van der Waals surface area contributed by atoms with E-state index in [4.69, 9.17) is 4.74 Å². The fourth-order valence-corrected chi connectivity index (χ4v) is 3.66. The Morgan fingerprint density at radius 1 is 1.58 bits per heavy atom. The quantitative estimate of drug-likeness (QED) is 0.392. The molecule has 2 aliphatic carbocycles. The Hall–Kier alpha value is -2.16. The van der Waals surface area contributed by atoms with E-state index in [0.717, 1.165) is 35.3 Å². The predicted octanol–water partition coefficient (Wildman–Crippen LogP) is 2.43. The van der Waals surface area contributed by atoms with E-state index in [1.54, 1.807) is 13.3 Å². The topological polar surface area (TPSA) is 87.1 Å². The monoisotopic (exact) mass is 373 g/mol. The molecule has 0 aromatic rings. The van der Waals surface area contributed by atoms with Crippen LogP contribution in [0.4, 0.5) is 4.79 Å². The number of rotatable bonds is 5. The van der Waals surface area contributed by atoms with E-state index in [2.05, 4.69) is 31.0 Å². The van der Waals surface area contributed by atoms with Crippen molar-refractivity contribution in [1.82, 2.24) is 15.5 Å². The smallest absolute Gasteiger partial charge is 0.335 e. The lowest BCUT2D eigenvalue weighted by Gasteiger charge is -2.15. The molecule has 2 unspecified atom stereocenters. The molecule has 0 aromatic carbocycles. The highest BCUT2D eigenvalue weighted by molar-refractivity contribution is 7.96. The Kier molecular flexibility index (Phi) is 6.43. The van der Waals surface area contributed by atoms with Gasteiger partial charge in [-0.25, -0.2) is 19.3 Å². The largest absolute Gasteiger partial charge is 0.377 e. The van der Waals surface area contributed by atoms with Crippen LogP contribution in [-0.4, -0.2) is 43.8 Å². The number of hydrogen-bond donors (Lipinski definition) is 3. The summed E-state index contributed by atoms with van der Waals surface area (Å²) in [5, 5.41) is 6.83. The van der Waals surface area contributed by atoms with Gasteiger partial charge in [-0.1, -0.05) is 30.4 Å². The van der Waals surface area contributed by atoms with Crippen molar-refractivity contribution in [3.8, 4) is 0 Å². The molecule has 7 nitrogen and oxygen atoms in total. The van der Waals surface area contributed by atoms with Gasteiger partial charge in [-0.05, 0) is 36.5 Å². The van der Waals surface area contributed by atoms with Crippen LogP contribution in [0.25, 0.3) is 0 Å². The number of hydrazone groups is 1. The molecule has 0 fully saturated rings. The van der Waals surface area contributed by atoms with Gasteiger partial charge in [0, 0.05) is 13.7 Å². The number of ether oxygens (including phenoxy) is 1. The molecule has 3 N–H and O–H groups in total. The van der Waals surface area contributed by atoms with Crippen LogP contribution in [0, 0.1) is 0 Å². The molecular formula is C18H23N5O2S. The number of amides is 2. The van der Waals surface area contributed by atoms with E-state index in [1.165, 1.54) is 12.1 Å². The molecule has 26 heavy (non-hydrogen) atoms. The molecule has 0 spiro atoms. The number of fused-ring (bicyclic) bond motifs is 1. The van der Waals surface area contributed by atoms with Crippen molar-refractivity contribution in [1.29, 1.82) is 0 Å². The second-order valence-electron chi connectivity index (χ2n) is 6.19. The first-order valence-electron chi connectivity index (χ1n) is 8.52. The number of nitrogens with zero attached hydrogens (tertiary/aromatic N) is 2. The number of nitrogens with one attached hydrogen (secondary N) is 3.